The van der Waals surface area contributed by atoms with Gasteiger partial charge in [0.05, 0.1) is 12.4 Å². The van der Waals surface area contributed by atoms with Gasteiger partial charge in [0.2, 0.25) is 11.9 Å². The second-order valence-corrected chi connectivity index (χ2v) is 5.53. The molecule has 3 rings (SSSR count). The third kappa shape index (κ3) is 4.50. The molecule has 0 aliphatic carbocycles. The van der Waals surface area contributed by atoms with Crippen molar-refractivity contribution in [3.63, 3.8) is 0 Å². The van der Waals surface area contributed by atoms with Gasteiger partial charge < -0.3 is 10.1 Å². The van der Waals surface area contributed by atoms with E-state index in [4.69, 9.17) is 4.74 Å². The molecule has 0 bridgehead atoms. The number of nitrogens with zero attached hydrogens (tertiary/aromatic N) is 2. The first kappa shape index (κ1) is 15.4. The Labute approximate surface area is 135 Å². The predicted octanol–water partition coefficient (Wildman–Crippen LogP) is 1.99. The van der Waals surface area contributed by atoms with Gasteiger partial charge in [-0.3, -0.25) is 10.1 Å². The van der Waals surface area contributed by atoms with Crippen LogP contribution in [0.1, 0.15) is 18.4 Å². The Morgan fingerprint density at radius 2 is 1.87 bits per heavy atom. The van der Waals surface area contributed by atoms with Crippen molar-refractivity contribution < 1.29 is 9.53 Å². The minimum absolute atomic E-state index is 0.00976. The highest BCUT2D eigenvalue weighted by molar-refractivity contribution is 5.90. The van der Waals surface area contributed by atoms with Gasteiger partial charge in [-0.15, -0.1) is 0 Å². The van der Waals surface area contributed by atoms with E-state index >= 15 is 0 Å². The van der Waals surface area contributed by atoms with Crippen LogP contribution in [0.2, 0.25) is 0 Å². The lowest BCUT2D eigenvalue weighted by Gasteiger charge is -2.21. The van der Waals surface area contributed by atoms with E-state index in [1.165, 1.54) is 0 Å². The van der Waals surface area contributed by atoms with Crippen molar-refractivity contribution in [3.8, 4) is 5.75 Å². The largest absolute Gasteiger partial charge is 0.486 e. The first-order valence-electron chi connectivity index (χ1n) is 7.81. The topological polar surface area (TPSA) is 76.1 Å². The minimum atomic E-state index is -0.00976. The van der Waals surface area contributed by atoms with Crippen LogP contribution in [0.15, 0.2) is 42.7 Å². The van der Waals surface area contributed by atoms with Gasteiger partial charge in [0.1, 0.15) is 6.61 Å². The van der Waals surface area contributed by atoms with Gasteiger partial charge in [0.15, 0.2) is 5.75 Å². The van der Waals surface area contributed by atoms with Crippen LogP contribution in [0.5, 0.6) is 5.75 Å². The molecule has 1 fully saturated rings. The molecule has 120 valence electrons. The zero-order valence-electron chi connectivity index (χ0n) is 12.9. The molecule has 0 spiro atoms. The fourth-order valence-electron chi connectivity index (χ4n) is 2.49. The summed E-state index contributed by atoms with van der Waals surface area (Å²) in [7, 11) is 0. The van der Waals surface area contributed by atoms with E-state index in [9.17, 15) is 4.79 Å². The molecule has 1 aliphatic rings. The first-order chi connectivity index (χ1) is 11.3. The lowest BCUT2D eigenvalue weighted by molar-refractivity contribution is -0.120. The molecule has 6 nitrogen and oxygen atoms in total. The number of aromatic nitrogens is 2. The second kappa shape index (κ2) is 7.69. The SMILES string of the molecule is O=C(Nc1ncc(OCc2ccccc2)cn1)C1CCNCC1. The number of amides is 1. The Bertz CT molecular complexity index is 625. The molecule has 2 aromatic rings. The van der Waals surface area contributed by atoms with E-state index in [0.717, 1.165) is 31.5 Å². The molecule has 1 amide bonds. The van der Waals surface area contributed by atoms with E-state index in [-0.39, 0.29) is 11.8 Å². The molecule has 2 heterocycles. The smallest absolute Gasteiger partial charge is 0.229 e. The molecule has 0 saturated carbocycles. The summed E-state index contributed by atoms with van der Waals surface area (Å²) in [5, 5.41) is 6.01. The van der Waals surface area contributed by atoms with Crippen molar-refractivity contribution in [2.75, 3.05) is 18.4 Å². The maximum atomic E-state index is 12.1. The van der Waals surface area contributed by atoms with Gasteiger partial charge in [-0.1, -0.05) is 30.3 Å². The lowest BCUT2D eigenvalue weighted by Crippen LogP contribution is -2.34. The van der Waals surface area contributed by atoms with Gasteiger partial charge in [-0.25, -0.2) is 9.97 Å². The van der Waals surface area contributed by atoms with Crippen LogP contribution in [0.3, 0.4) is 0 Å². The summed E-state index contributed by atoms with van der Waals surface area (Å²) in [5.74, 6) is 0.924. The highest BCUT2D eigenvalue weighted by Crippen LogP contribution is 2.15. The third-order valence-electron chi connectivity index (χ3n) is 3.82. The van der Waals surface area contributed by atoms with Crippen LogP contribution in [-0.2, 0) is 11.4 Å². The zero-order chi connectivity index (χ0) is 15.9. The maximum Gasteiger partial charge on any atom is 0.229 e. The van der Waals surface area contributed by atoms with Crippen molar-refractivity contribution >= 4 is 11.9 Å². The summed E-state index contributed by atoms with van der Waals surface area (Å²) in [5.41, 5.74) is 1.08. The van der Waals surface area contributed by atoms with E-state index in [0.29, 0.717) is 18.3 Å². The molecule has 0 unspecified atom stereocenters. The minimum Gasteiger partial charge on any atom is -0.486 e. The van der Waals surface area contributed by atoms with E-state index in [1.807, 2.05) is 30.3 Å². The zero-order valence-corrected chi connectivity index (χ0v) is 12.9. The fraction of sp³-hybridized carbons (Fsp3) is 0.353. The molecule has 0 radical (unpaired) electrons. The average Bonchev–Trinajstić information content (AvgIpc) is 2.63. The molecule has 1 aromatic heterocycles. The van der Waals surface area contributed by atoms with Gasteiger partial charge in [-0.2, -0.15) is 0 Å². The Morgan fingerprint density at radius 3 is 2.57 bits per heavy atom. The third-order valence-corrected chi connectivity index (χ3v) is 3.82. The Balaban J connectivity index is 1.51. The van der Waals surface area contributed by atoms with Crippen molar-refractivity contribution in [1.29, 1.82) is 0 Å². The van der Waals surface area contributed by atoms with Crippen LogP contribution >= 0.6 is 0 Å². The Hall–Kier alpha value is -2.47. The number of piperidine rings is 1. The second-order valence-electron chi connectivity index (χ2n) is 5.53. The molecule has 0 atom stereocenters. The summed E-state index contributed by atoms with van der Waals surface area (Å²) in [6, 6.07) is 9.89. The number of ether oxygens (including phenoxy) is 1. The Morgan fingerprint density at radius 1 is 1.17 bits per heavy atom. The molecule has 1 aromatic carbocycles. The van der Waals surface area contributed by atoms with Crippen LogP contribution in [-0.4, -0.2) is 29.0 Å². The molecule has 23 heavy (non-hydrogen) atoms. The molecule has 6 heteroatoms. The highest BCUT2D eigenvalue weighted by atomic mass is 16.5. The number of nitrogens with one attached hydrogen (secondary N) is 2. The monoisotopic (exact) mass is 312 g/mol. The number of hydrogen-bond acceptors (Lipinski definition) is 5. The number of hydrogen-bond donors (Lipinski definition) is 2. The summed E-state index contributed by atoms with van der Waals surface area (Å²) in [4.78, 5) is 20.4. The highest BCUT2D eigenvalue weighted by Gasteiger charge is 2.21. The van der Waals surface area contributed by atoms with Gasteiger partial charge in [-0.05, 0) is 31.5 Å². The Kier molecular flexibility index (Phi) is 5.16. The number of rotatable bonds is 5. The van der Waals surface area contributed by atoms with Crippen molar-refractivity contribution in [2.45, 2.75) is 19.4 Å². The van der Waals surface area contributed by atoms with Gasteiger partial charge >= 0.3 is 0 Å². The van der Waals surface area contributed by atoms with Gasteiger partial charge in [0.25, 0.3) is 0 Å². The normalized spacial score (nSPS) is 15.1. The van der Waals surface area contributed by atoms with Gasteiger partial charge in [0, 0.05) is 5.92 Å². The molecular formula is C17H20N4O2. The lowest BCUT2D eigenvalue weighted by atomic mass is 9.97. The van der Waals surface area contributed by atoms with Crippen LogP contribution in [0.4, 0.5) is 5.95 Å². The molecule has 1 aliphatic heterocycles. The number of benzene rings is 1. The first-order valence-corrected chi connectivity index (χ1v) is 7.81. The average molecular weight is 312 g/mol. The fourth-order valence-corrected chi connectivity index (χ4v) is 2.49. The van der Waals surface area contributed by atoms with E-state index < -0.39 is 0 Å². The van der Waals surface area contributed by atoms with Crippen molar-refractivity contribution in [2.24, 2.45) is 5.92 Å². The number of anilines is 1. The summed E-state index contributed by atoms with van der Waals surface area (Å²) >= 11 is 0. The maximum absolute atomic E-state index is 12.1. The summed E-state index contributed by atoms with van der Waals surface area (Å²) in [6.45, 7) is 2.22. The quantitative estimate of drug-likeness (QED) is 0.883. The number of carbonyl (C=O) groups is 1. The van der Waals surface area contributed by atoms with Crippen LogP contribution < -0.4 is 15.4 Å². The van der Waals surface area contributed by atoms with Crippen LogP contribution in [0, 0.1) is 5.92 Å². The van der Waals surface area contributed by atoms with Crippen molar-refractivity contribution in [1.82, 2.24) is 15.3 Å². The van der Waals surface area contributed by atoms with E-state index in [2.05, 4.69) is 20.6 Å². The summed E-state index contributed by atoms with van der Waals surface area (Å²) < 4.78 is 5.62. The molecule has 1 saturated heterocycles. The summed E-state index contributed by atoms with van der Waals surface area (Å²) in [6.07, 6.45) is 4.86. The molecule has 2 N–H and O–H groups in total. The number of carbonyl (C=O) groups excluding carboxylic acids is 1. The molecular weight excluding hydrogens is 292 g/mol. The van der Waals surface area contributed by atoms with E-state index in [1.54, 1.807) is 12.4 Å². The predicted molar refractivity (Wildman–Crippen MR) is 87.0 cm³/mol. The van der Waals surface area contributed by atoms with Crippen molar-refractivity contribution in [3.05, 3.63) is 48.3 Å². The van der Waals surface area contributed by atoms with Crippen LogP contribution in [0.25, 0.3) is 0 Å². The standard InChI is InChI=1S/C17H20N4O2/c22-16(14-6-8-18-9-7-14)21-17-19-10-15(11-20-17)23-12-13-4-2-1-3-5-13/h1-5,10-11,14,18H,6-9,12H2,(H,19,20,21,22).